The van der Waals surface area contributed by atoms with E-state index in [2.05, 4.69) is 0 Å². The van der Waals surface area contributed by atoms with Crippen LogP contribution in [0.1, 0.15) is 46.8 Å². The van der Waals surface area contributed by atoms with Gasteiger partial charge in [0.2, 0.25) is 5.79 Å². The third kappa shape index (κ3) is 1.47. The van der Waals surface area contributed by atoms with Crippen molar-refractivity contribution in [3.05, 3.63) is 22.3 Å². The first kappa shape index (κ1) is 12.7. The van der Waals surface area contributed by atoms with Crippen LogP contribution in [0, 0.1) is 13.8 Å². The second-order valence-corrected chi connectivity index (χ2v) is 4.90. The molecule has 0 saturated carbocycles. The summed E-state index contributed by atoms with van der Waals surface area (Å²) in [6.45, 7) is 6.22. The van der Waals surface area contributed by atoms with Gasteiger partial charge in [-0.2, -0.15) is 0 Å². The van der Waals surface area contributed by atoms with E-state index >= 15 is 0 Å². The molecule has 0 spiro atoms. The van der Waals surface area contributed by atoms with Gasteiger partial charge in [-0.1, -0.05) is 6.92 Å². The summed E-state index contributed by atoms with van der Waals surface area (Å²) in [5.41, 5.74) is 1.17. The standard InChI is InChI=1S/C13H16O5/c1-5-8-7(3)13(4,17)18-12(16)9(8)11(15)6(2)10(5)14/h7,14-15,17H,1-4H3/t7-,13-/m0/s1. The first-order valence-electron chi connectivity index (χ1n) is 5.69. The lowest BCUT2D eigenvalue weighted by atomic mass is 9.82. The molecule has 0 radical (unpaired) electrons. The van der Waals surface area contributed by atoms with Crippen LogP contribution in [-0.4, -0.2) is 27.1 Å². The van der Waals surface area contributed by atoms with Crippen molar-refractivity contribution in [1.82, 2.24) is 0 Å². The molecule has 0 bridgehead atoms. The first-order chi connectivity index (χ1) is 8.18. The van der Waals surface area contributed by atoms with Gasteiger partial charge in [0, 0.05) is 18.4 Å². The Balaban J connectivity index is 2.85. The molecule has 18 heavy (non-hydrogen) atoms. The van der Waals surface area contributed by atoms with Crippen molar-refractivity contribution in [3.63, 3.8) is 0 Å². The van der Waals surface area contributed by atoms with Crippen molar-refractivity contribution in [2.45, 2.75) is 39.4 Å². The molecule has 98 valence electrons. The topological polar surface area (TPSA) is 87.0 Å². The smallest absolute Gasteiger partial charge is 0.344 e. The normalized spacial score (nSPS) is 26.7. The van der Waals surface area contributed by atoms with Crippen LogP contribution in [0.2, 0.25) is 0 Å². The molecule has 0 saturated heterocycles. The number of aromatic hydroxyl groups is 2. The monoisotopic (exact) mass is 252 g/mol. The van der Waals surface area contributed by atoms with Crippen molar-refractivity contribution in [1.29, 1.82) is 0 Å². The Morgan fingerprint density at radius 3 is 2.28 bits per heavy atom. The van der Waals surface area contributed by atoms with E-state index in [-0.39, 0.29) is 22.6 Å². The number of rotatable bonds is 0. The van der Waals surface area contributed by atoms with Gasteiger partial charge in [0.25, 0.3) is 0 Å². The Kier molecular flexibility index (Phi) is 2.55. The van der Waals surface area contributed by atoms with Crippen LogP contribution in [0.3, 0.4) is 0 Å². The summed E-state index contributed by atoms with van der Waals surface area (Å²) < 4.78 is 4.92. The van der Waals surface area contributed by atoms with Gasteiger partial charge >= 0.3 is 5.97 Å². The van der Waals surface area contributed by atoms with Crippen molar-refractivity contribution in [2.24, 2.45) is 0 Å². The lowest BCUT2D eigenvalue weighted by Crippen LogP contribution is -2.42. The van der Waals surface area contributed by atoms with Crippen LogP contribution in [0.25, 0.3) is 0 Å². The molecule has 2 rings (SSSR count). The van der Waals surface area contributed by atoms with Gasteiger partial charge in [-0.25, -0.2) is 4.79 Å². The Labute approximate surface area is 105 Å². The maximum Gasteiger partial charge on any atom is 0.344 e. The van der Waals surface area contributed by atoms with Gasteiger partial charge in [0.15, 0.2) is 0 Å². The highest BCUT2D eigenvalue weighted by Crippen LogP contribution is 2.46. The molecule has 0 aliphatic carbocycles. The van der Waals surface area contributed by atoms with Crippen LogP contribution in [0.15, 0.2) is 0 Å². The highest BCUT2D eigenvalue weighted by molar-refractivity contribution is 5.97. The number of aliphatic hydroxyl groups is 1. The number of carbonyl (C=O) groups is 1. The van der Waals surface area contributed by atoms with Crippen molar-refractivity contribution < 1.29 is 24.9 Å². The molecule has 1 aliphatic rings. The number of phenols is 2. The Hall–Kier alpha value is -1.75. The maximum atomic E-state index is 11.9. The highest BCUT2D eigenvalue weighted by atomic mass is 16.7. The van der Waals surface area contributed by atoms with Gasteiger partial charge in [-0.15, -0.1) is 0 Å². The summed E-state index contributed by atoms with van der Waals surface area (Å²) in [5, 5.41) is 29.9. The highest BCUT2D eigenvalue weighted by Gasteiger charge is 2.44. The summed E-state index contributed by atoms with van der Waals surface area (Å²) in [5.74, 6) is -3.33. The zero-order valence-electron chi connectivity index (χ0n) is 10.7. The molecule has 0 fully saturated rings. The lowest BCUT2D eigenvalue weighted by molar-refractivity contribution is -0.170. The number of phenolic OH excluding ortho intramolecular Hbond substituents is 2. The minimum Gasteiger partial charge on any atom is -0.507 e. The van der Waals surface area contributed by atoms with Crippen molar-refractivity contribution in [2.75, 3.05) is 0 Å². The number of cyclic esters (lactones) is 1. The van der Waals surface area contributed by atoms with Crippen LogP contribution in [-0.2, 0) is 4.74 Å². The van der Waals surface area contributed by atoms with Crippen molar-refractivity contribution in [3.8, 4) is 11.5 Å². The quantitative estimate of drug-likeness (QED) is 0.612. The molecular formula is C13H16O5. The van der Waals surface area contributed by atoms with Gasteiger partial charge in [-0.3, -0.25) is 0 Å². The minimum atomic E-state index is -1.65. The van der Waals surface area contributed by atoms with Gasteiger partial charge in [0.1, 0.15) is 17.1 Å². The molecule has 1 heterocycles. The van der Waals surface area contributed by atoms with Crippen LogP contribution in [0.4, 0.5) is 0 Å². The number of fused-ring (bicyclic) bond motifs is 1. The maximum absolute atomic E-state index is 11.9. The van der Waals surface area contributed by atoms with E-state index in [0.29, 0.717) is 11.1 Å². The van der Waals surface area contributed by atoms with E-state index in [4.69, 9.17) is 4.74 Å². The largest absolute Gasteiger partial charge is 0.507 e. The van der Waals surface area contributed by atoms with Gasteiger partial charge < -0.3 is 20.1 Å². The number of hydrogen-bond acceptors (Lipinski definition) is 5. The minimum absolute atomic E-state index is 0.0295. The second-order valence-electron chi connectivity index (χ2n) is 4.90. The number of ether oxygens (including phenoxy) is 1. The molecule has 5 nitrogen and oxygen atoms in total. The molecule has 1 aromatic rings. The molecule has 0 amide bonds. The molecular weight excluding hydrogens is 236 g/mol. The summed E-state index contributed by atoms with van der Waals surface area (Å²) in [6, 6.07) is 0. The molecule has 3 N–H and O–H groups in total. The first-order valence-corrected chi connectivity index (χ1v) is 5.69. The van der Waals surface area contributed by atoms with E-state index in [1.54, 1.807) is 13.8 Å². The van der Waals surface area contributed by atoms with E-state index in [1.165, 1.54) is 13.8 Å². The fourth-order valence-electron chi connectivity index (χ4n) is 2.37. The predicted octanol–water partition coefficient (Wildman–Crippen LogP) is 1.70. The van der Waals surface area contributed by atoms with E-state index in [0.717, 1.165) is 0 Å². The lowest BCUT2D eigenvalue weighted by Gasteiger charge is -2.37. The molecule has 5 heteroatoms. The van der Waals surface area contributed by atoms with Crippen LogP contribution >= 0.6 is 0 Å². The number of carbonyl (C=O) groups excluding carboxylic acids is 1. The number of hydrogen-bond donors (Lipinski definition) is 3. The third-order valence-corrected chi connectivity index (χ3v) is 3.72. The van der Waals surface area contributed by atoms with Gasteiger partial charge in [-0.05, 0) is 25.0 Å². The number of benzene rings is 1. The zero-order valence-corrected chi connectivity index (χ0v) is 10.7. The predicted molar refractivity (Wildman–Crippen MR) is 63.7 cm³/mol. The zero-order chi connectivity index (χ0) is 13.8. The Morgan fingerprint density at radius 2 is 1.72 bits per heavy atom. The molecule has 0 unspecified atom stereocenters. The average molecular weight is 252 g/mol. The Bertz CT molecular complexity index is 545. The summed E-state index contributed by atoms with van der Waals surface area (Å²) in [4.78, 5) is 11.9. The summed E-state index contributed by atoms with van der Waals surface area (Å²) >= 11 is 0. The number of esters is 1. The van der Waals surface area contributed by atoms with Gasteiger partial charge in [0.05, 0.1) is 0 Å². The second kappa shape index (κ2) is 3.62. The van der Waals surface area contributed by atoms with E-state index in [1.807, 2.05) is 0 Å². The van der Waals surface area contributed by atoms with Crippen LogP contribution in [0.5, 0.6) is 11.5 Å². The summed E-state index contributed by atoms with van der Waals surface area (Å²) in [7, 11) is 0. The SMILES string of the molecule is Cc1c(O)c(C)c2c(c1O)C(=O)O[C@](C)(O)[C@H]2C. The van der Waals surface area contributed by atoms with Crippen LogP contribution < -0.4 is 0 Å². The van der Waals surface area contributed by atoms with E-state index in [9.17, 15) is 20.1 Å². The Morgan fingerprint density at radius 1 is 1.17 bits per heavy atom. The fourth-order valence-corrected chi connectivity index (χ4v) is 2.37. The average Bonchev–Trinajstić information content (AvgIpc) is 2.27. The molecule has 0 aromatic heterocycles. The molecule has 1 aliphatic heterocycles. The van der Waals surface area contributed by atoms with Crippen molar-refractivity contribution >= 4 is 5.97 Å². The molecule has 2 atom stereocenters. The van der Waals surface area contributed by atoms with E-state index < -0.39 is 17.7 Å². The molecule has 1 aromatic carbocycles. The fraction of sp³-hybridized carbons (Fsp3) is 0.462. The third-order valence-electron chi connectivity index (χ3n) is 3.72. The summed E-state index contributed by atoms with van der Waals surface area (Å²) in [6.07, 6.45) is 0.